The van der Waals surface area contributed by atoms with Crippen molar-refractivity contribution in [2.75, 3.05) is 24.6 Å². The summed E-state index contributed by atoms with van der Waals surface area (Å²) in [7, 11) is -2.81. The Morgan fingerprint density at radius 3 is 3.06 bits per heavy atom. The molecule has 1 saturated heterocycles. The van der Waals surface area contributed by atoms with Gasteiger partial charge in [0, 0.05) is 28.5 Å². The molecule has 1 unspecified atom stereocenters. The van der Waals surface area contributed by atoms with Crippen molar-refractivity contribution in [3.05, 3.63) is 20.8 Å². The zero-order chi connectivity index (χ0) is 13.0. The molecule has 102 valence electrons. The zero-order valence-electron chi connectivity index (χ0n) is 9.99. The van der Waals surface area contributed by atoms with Crippen LogP contribution in [0.25, 0.3) is 0 Å². The predicted octanol–water partition coefficient (Wildman–Crippen LogP) is 1.38. The molecule has 0 aromatic carbocycles. The van der Waals surface area contributed by atoms with Crippen LogP contribution in [0, 0.1) is 0 Å². The van der Waals surface area contributed by atoms with Crippen molar-refractivity contribution in [2.24, 2.45) is 0 Å². The molecule has 18 heavy (non-hydrogen) atoms. The first-order valence-electron chi connectivity index (χ1n) is 5.93. The van der Waals surface area contributed by atoms with Crippen LogP contribution >= 0.6 is 27.3 Å². The highest BCUT2D eigenvalue weighted by atomic mass is 79.9. The molecule has 0 saturated carbocycles. The monoisotopic (exact) mass is 352 g/mol. The van der Waals surface area contributed by atoms with E-state index in [1.165, 1.54) is 4.88 Å². The lowest BCUT2D eigenvalue weighted by Crippen LogP contribution is -2.46. The van der Waals surface area contributed by atoms with Gasteiger partial charge in [-0.1, -0.05) is 0 Å². The molecule has 1 aliphatic heterocycles. The highest BCUT2D eigenvalue weighted by Crippen LogP contribution is 2.22. The third-order valence-electron chi connectivity index (χ3n) is 2.95. The van der Waals surface area contributed by atoms with Crippen LogP contribution in [-0.4, -0.2) is 39.1 Å². The van der Waals surface area contributed by atoms with Gasteiger partial charge in [0.1, 0.15) is 0 Å². The first-order valence-corrected chi connectivity index (χ1v) is 9.42. The Kier molecular flexibility index (Phi) is 5.20. The highest BCUT2D eigenvalue weighted by Gasteiger charge is 2.23. The van der Waals surface area contributed by atoms with Gasteiger partial charge in [-0.2, -0.15) is 0 Å². The van der Waals surface area contributed by atoms with E-state index in [1.807, 2.05) is 6.07 Å². The van der Waals surface area contributed by atoms with Gasteiger partial charge in [-0.25, -0.2) is 8.42 Å². The SMILES string of the molecule is O=S1(=O)CCNC(CCNCc2sccc2Br)C1. The van der Waals surface area contributed by atoms with Crippen LogP contribution in [0.5, 0.6) is 0 Å². The lowest BCUT2D eigenvalue weighted by atomic mass is 10.2. The van der Waals surface area contributed by atoms with Crippen LogP contribution in [0.4, 0.5) is 0 Å². The summed E-state index contributed by atoms with van der Waals surface area (Å²) in [6, 6.07) is 2.14. The minimum atomic E-state index is -2.81. The molecular formula is C11H17BrN2O2S2. The van der Waals surface area contributed by atoms with Gasteiger partial charge in [-0.05, 0) is 40.3 Å². The van der Waals surface area contributed by atoms with Crippen molar-refractivity contribution in [3.63, 3.8) is 0 Å². The van der Waals surface area contributed by atoms with E-state index in [1.54, 1.807) is 11.3 Å². The third-order valence-corrected chi connectivity index (χ3v) is 6.61. The van der Waals surface area contributed by atoms with Gasteiger partial charge in [0.15, 0.2) is 9.84 Å². The smallest absolute Gasteiger partial charge is 0.153 e. The number of rotatable bonds is 5. The summed E-state index contributed by atoms with van der Waals surface area (Å²) in [6.45, 7) is 2.25. The third kappa shape index (κ3) is 4.31. The minimum Gasteiger partial charge on any atom is -0.312 e. The summed E-state index contributed by atoms with van der Waals surface area (Å²) in [5, 5.41) is 8.65. The van der Waals surface area contributed by atoms with E-state index in [2.05, 4.69) is 31.9 Å². The fraction of sp³-hybridized carbons (Fsp3) is 0.636. The van der Waals surface area contributed by atoms with Crippen LogP contribution in [0.15, 0.2) is 15.9 Å². The summed E-state index contributed by atoms with van der Waals surface area (Å²) in [5.41, 5.74) is 0. The molecule has 1 aromatic heterocycles. The minimum absolute atomic E-state index is 0.100. The van der Waals surface area contributed by atoms with Crippen LogP contribution in [0.3, 0.4) is 0 Å². The van der Waals surface area contributed by atoms with E-state index in [4.69, 9.17) is 0 Å². The Bertz CT molecular complexity index is 487. The summed E-state index contributed by atoms with van der Waals surface area (Å²) in [5.74, 6) is 0.552. The van der Waals surface area contributed by atoms with E-state index in [-0.39, 0.29) is 17.5 Å². The lowest BCUT2D eigenvalue weighted by molar-refractivity contribution is 0.479. The largest absolute Gasteiger partial charge is 0.312 e. The van der Waals surface area contributed by atoms with Gasteiger partial charge in [-0.15, -0.1) is 11.3 Å². The second-order valence-electron chi connectivity index (χ2n) is 4.42. The average Bonchev–Trinajstić information content (AvgIpc) is 2.69. The summed E-state index contributed by atoms with van der Waals surface area (Å²) < 4.78 is 24.1. The summed E-state index contributed by atoms with van der Waals surface area (Å²) in [4.78, 5) is 1.28. The maximum atomic E-state index is 11.5. The van der Waals surface area contributed by atoms with E-state index < -0.39 is 9.84 Å². The maximum Gasteiger partial charge on any atom is 0.153 e. The first-order chi connectivity index (χ1) is 8.57. The second kappa shape index (κ2) is 6.47. The Balaban J connectivity index is 1.68. The Morgan fingerprint density at radius 2 is 2.39 bits per heavy atom. The quantitative estimate of drug-likeness (QED) is 0.786. The average molecular weight is 353 g/mol. The van der Waals surface area contributed by atoms with Gasteiger partial charge < -0.3 is 10.6 Å². The van der Waals surface area contributed by atoms with Crippen molar-refractivity contribution < 1.29 is 8.42 Å². The standard InChI is InChI=1S/C11H17BrN2O2S2/c12-10-2-5-17-11(10)7-13-3-1-9-8-18(15,16)6-4-14-9/h2,5,9,13-14H,1,3-4,6-8H2. The topological polar surface area (TPSA) is 58.2 Å². The van der Waals surface area contributed by atoms with Crippen molar-refractivity contribution in [2.45, 2.75) is 19.0 Å². The number of sulfone groups is 1. The molecule has 1 aromatic rings. The number of thiophene rings is 1. The summed E-state index contributed by atoms with van der Waals surface area (Å²) >= 11 is 5.20. The van der Waals surface area contributed by atoms with E-state index in [9.17, 15) is 8.42 Å². The van der Waals surface area contributed by atoms with Crippen molar-refractivity contribution in [1.82, 2.24) is 10.6 Å². The van der Waals surface area contributed by atoms with E-state index in [0.717, 1.165) is 24.0 Å². The van der Waals surface area contributed by atoms with Crippen molar-refractivity contribution in [3.8, 4) is 0 Å². The van der Waals surface area contributed by atoms with Crippen molar-refractivity contribution in [1.29, 1.82) is 0 Å². The molecule has 0 aliphatic carbocycles. The Labute approximate surface area is 120 Å². The molecule has 1 atom stereocenters. The molecule has 0 amide bonds. The molecule has 2 rings (SSSR count). The molecule has 1 aliphatic rings. The van der Waals surface area contributed by atoms with Gasteiger partial charge in [0.25, 0.3) is 0 Å². The number of hydrogen-bond acceptors (Lipinski definition) is 5. The maximum absolute atomic E-state index is 11.5. The second-order valence-corrected chi connectivity index (χ2v) is 8.51. The molecular weight excluding hydrogens is 336 g/mol. The molecule has 2 heterocycles. The number of halogens is 1. The van der Waals surface area contributed by atoms with Crippen LogP contribution < -0.4 is 10.6 Å². The molecule has 1 fully saturated rings. The summed E-state index contributed by atoms with van der Waals surface area (Å²) in [6.07, 6.45) is 0.849. The predicted molar refractivity (Wildman–Crippen MR) is 78.8 cm³/mol. The van der Waals surface area contributed by atoms with E-state index >= 15 is 0 Å². The van der Waals surface area contributed by atoms with Gasteiger partial charge in [0.2, 0.25) is 0 Å². The molecule has 4 nitrogen and oxygen atoms in total. The number of hydrogen-bond donors (Lipinski definition) is 2. The van der Waals surface area contributed by atoms with Crippen LogP contribution in [-0.2, 0) is 16.4 Å². The molecule has 0 spiro atoms. The van der Waals surface area contributed by atoms with Crippen LogP contribution in [0.1, 0.15) is 11.3 Å². The fourth-order valence-corrected chi connectivity index (χ4v) is 4.94. The molecule has 0 bridgehead atoms. The molecule has 7 heteroatoms. The molecule has 0 radical (unpaired) electrons. The van der Waals surface area contributed by atoms with Gasteiger partial charge in [-0.3, -0.25) is 0 Å². The first kappa shape index (κ1) is 14.5. The van der Waals surface area contributed by atoms with Crippen LogP contribution in [0.2, 0.25) is 0 Å². The Hall–Kier alpha value is 0.0500. The fourth-order valence-electron chi connectivity index (χ4n) is 1.98. The van der Waals surface area contributed by atoms with Gasteiger partial charge in [0.05, 0.1) is 11.5 Å². The van der Waals surface area contributed by atoms with E-state index in [0.29, 0.717) is 6.54 Å². The molecule has 2 N–H and O–H groups in total. The number of nitrogens with one attached hydrogen (secondary N) is 2. The Morgan fingerprint density at radius 1 is 1.56 bits per heavy atom. The zero-order valence-corrected chi connectivity index (χ0v) is 13.2. The van der Waals surface area contributed by atoms with Crippen molar-refractivity contribution >= 4 is 37.1 Å². The normalized spacial score (nSPS) is 23.1. The van der Waals surface area contributed by atoms with Gasteiger partial charge >= 0.3 is 0 Å². The lowest BCUT2D eigenvalue weighted by Gasteiger charge is -2.23. The highest BCUT2D eigenvalue weighted by molar-refractivity contribution is 9.10.